The van der Waals surface area contributed by atoms with Gasteiger partial charge in [0.25, 0.3) is 10.1 Å². The Morgan fingerprint density at radius 1 is 0.806 bits per heavy atom. The zero-order chi connectivity index (χ0) is 21.8. The second kappa shape index (κ2) is 8.88. The molecule has 0 heterocycles. The number of rotatable bonds is 5. The molecule has 158 valence electrons. The van der Waals surface area contributed by atoms with E-state index < -0.39 is 10.1 Å². The molecule has 0 aliphatic heterocycles. The number of carbonyl (C=O) groups excluding carboxylic acids is 1. The third-order valence-corrected chi connectivity index (χ3v) is 6.34. The van der Waals surface area contributed by atoms with E-state index in [0.29, 0.717) is 12.8 Å². The summed E-state index contributed by atoms with van der Waals surface area (Å²) in [4.78, 5) is 12.6. The fourth-order valence-corrected chi connectivity index (χ4v) is 4.39. The molecule has 3 aromatic carbocycles. The molecule has 3 aromatic rings. The standard InChI is InChI=1S/C25H22O5S/c26-25(30-21-12-14-22(15-13-21)31(27,28)29)20-11-16-23(18-7-3-1-4-8-18)24(17-20)19-9-5-2-6-10-19/h1-10,12-15,20H,11,16-17H2,(H,27,28,29). The molecule has 0 spiro atoms. The second-order valence-corrected chi connectivity index (χ2v) is 8.92. The molecule has 4 rings (SSSR count). The van der Waals surface area contributed by atoms with Gasteiger partial charge in [-0.15, -0.1) is 0 Å². The second-order valence-electron chi connectivity index (χ2n) is 7.50. The Balaban J connectivity index is 1.57. The molecule has 0 radical (unpaired) electrons. The highest BCUT2D eigenvalue weighted by Gasteiger charge is 2.29. The van der Waals surface area contributed by atoms with Gasteiger partial charge in [0, 0.05) is 0 Å². The summed E-state index contributed by atoms with van der Waals surface area (Å²) in [6, 6.07) is 25.4. The summed E-state index contributed by atoms with van der Waals surface area (Å²) in [6.45, 7) is 0. The summed E-state index contributed by atoms with van der Waals surface area (Å²) in [5, 5.41) is 0. The first-order chi connectivity index (χ1) is 14.9. The maximum atomic E-state index is 12.9. The number of carbonyl (C=O) groups is 1. The molecule has 0 bridgehead atoms. The van der Waals surface area contributed by atoms with E-state index in [1.165, 1.54) is 29.8 Å². The molecule has 5 nitrogen and oxygen atoms in total. The van der Waals surface area contributed by atoms with Gasteiger partial charge in [-0.3, -0.25) is 9.35 Å². The number of hydrogen-bond donors (Lipinski definition) is 1. The smallest absolute Gasteiger partial charge is 0.314 e. The molecule has 6 heteroatoms. The molecular formula is C25H22O5S. The average molecular weight is 435 g/mol. The lowest BCUT2D eigenvalue weighted by Gasteiger charge is -2.27. The Hall–Kier alpha value is -3.22. The first-order valence-electron chi connectivity index (χ1n) is 10.0. The molecule has 1 atom stereocenters. The van der Waals surface area contributed by atoms with Crippen LogP contribution >= 0.6 is 0 Å². The Kier molecular flexibility index (Phi) is 6.02. The molecule has 0 saturated carbocycles. The van der Waals surface area contributed by atoms with Gasteiger partial charge in [-0.1, -0.05) is 60.7 Å². The third kappa shape index (κ3) is 4.93. The van der Waals surface area contributed by atoms with Crippen LogP contribution in [0, 0.1) is 5.92 Å². The highest BCUT2D eigenvalue weighted by Crippen LogP contribution is 2.41. The lowest BCUT2D eigenvalue weighted by molar-refractivity contribution is -0.139. The molecule has 31 heavy (non-hydrogen) atoms. The van der Waals surface area contributed by atoms with Gasteiger partial charge < -0.3 is 4.74 Å². The van der Waals surface area contributed by atoms with Crippen LogP contribution in [0.3, 0.4) is 0 Å². The number of allylic oxidation sites excluding steroid dienone is 2. The first kappa shape index (κ1) is 21.0. The van der Waals surface area contributed by atoms with Crippen LogP contribution < -0.4 is 4.74 Å². The van der Waals surface area contributed by atoms with E-state index in [0.717, 1.165) is 23.1 Å². The van der Waals surface area contributed by atoms with E-state index in [2.05, 4.69) is 24.3 Å². The van der Waals surface area contributed by atoms with Crippen molar-refractivity contribution < 1.29 is 22.5 Å². The number of ether oxygens (including phenoxy) is 1. The minimum atomic E-state index is -4.29. The Morgan fingerprint density at radius 2 is 1.35 bits per heavy atom. The van der Waals surface area contributed by atoms with E-state index in [4.69, 9.17) is 9.29 Å². The fourth-order valence-electron chi connectivity index (χ4n) is 3.91. The van der Waals surface area contributed by atoms with Crippen LogP contribution in [0.25, 0.3) is 11.1 Å². The molecule has 1 N–H and O–H groups in total. The van der Waals surface area contributed by atoms with Gasteiger partial charge in [0.05, 0.1) is 10.8 Å². The van der Waals surface area contributed by atoms with Gasteiger partial charge in [-0.25, -0.2) is 0 Å². The Bertz CT molecular complexity index is 1200. The van der Waals surface area contributed by atoms with Crippen molar-refractivity contribution in [2.75, 3.05) is 0 Å². The van der Waals surface area contributed by atoms with Crippen LogP contribution in [-0.4, -0.2) is 18.9 Å². The first-order valence-corrected chi connectivity index (χ1v) is 11.5. The van der Waals surface area contributed by atoms with Crippen molar-refractivity contribution in [3.63, 3.8) is 0 Å². The number of esters is 1. The zero-order valence-corrected chi connectivity index (χ0v) is 17.6. The molecule has 0 amide bonds. The Labute approximate surface area is 181 Å². The van der Waals surface area contributed by atoms with Crippen molar-refractivity contribution >= 4 is 27.2 Å². The monoisotopic (exact) mass is 434 g/mol. The minimum absolute atomic E-state index is 0.244. The SMILES string of the molecule is O=C(Oc1ccc(S(=O)(=O)O)cc1)C1CCC(c2ccccc2)=C(c2ccccc2)C1. The summed E-state index contributed by atoms with van der Waals surface area (Å²) < 4.78 is 36.9. The average Bonchev–Trinajstić information content (AvgIpc) is 2.79. The quantitative estimate of drug-likeness (QED) is 0.337. The lowest BCUT2D eigenvalue weighted by Crippen LogP contribution is -2.23. The molecule has 0 aromatic heterocycles. The van der Waals surface area contributed by atoms with Crippen LogP contribution in [0.4, 0.5) is 0 Å². The van der Waals surface area contributed by atoms with Crippen molar-refractivity contribution in [3.05, 3.63) is 96.1 Å². The molecule has 1 aliphatic rings. The van der Waals surface area contributed by atoms with Crippen LogP contribution in [0.2, 0.25) is 0 Å². The van der Waals surface area contributed by atoms with E-state index in [1.807, 2.05) is 36.4 Å². The van der Waals surface area contributed by atoms with Gasteiger partial charge in [0.2, 0.25) is 0 Å². The van der Waals surface area contributed by atoms with Crippen LogP contribution in [0.1, 0.15) is 30.4 Å². The number of benzene rings is 3. The molecule has 0 saturated heterocycles. The fraction of sp³-hybridized carbons (Fsp3) is 0.160. The highest BCUT2D eigenvalue weighted by atomic mass is 32.2. The van der Waals surface area contributed by atoms with E-state index in [9.17, 15) is 13.2 Å². The predicted octanol–water partition coefficient (Wildman–Crippen LogP) is 5.25. The number of hydrogen-bond acceptors (Lipinski definition) is 4. The predicted molar refractivity (Wildman–Crippen MR) is 119 cm³/mol. The minimum Gasteiger partial charge on any atom is -0.426 e. The van der Waals surface area contributed by atoms with E-state index in [1.54, 1.807) is 0 Å². The summed E-state index contributed by atoms with van der Waals surface area (Å²) in [6.07, 6.45) is 1.99. The van der Waals surface area contributed by atoms with E-state index in [-0.39, 0.29) is 22.5 Å². The summed E-state index contributed by atoms with van der Waals surface area (Å²) in [7, 11) is -4.29. The zero-order valence-electron chi connectivity index (χ0n) is 16.8. The van der Waals surface area contributed by atoms with Crippen molar-refractivity contribution in [2.45, 2.75) is 24.2 Å². The summed E-state index contributed by atoms with van der Waals surface area (Å²) in [5.41, 5.74) is 4.64. The van der Waals surface area contributed by atoms with Gasteiger partial charge in [-0.2, -0.15) is 8.42 Å². The van der Waals surface area contributed by atoms with Crippen LogP contribution in [0.5, 0.6) is 5.75 Å². The van der Waals surface area contributed by atoms with Crippen molar-refractivity contribution in [1.82, 2.24) is 0 Å². The molecular weight excluding hydrogens is 412 g/mol. The molecule has 1 aliphatic carbocycles. The van der Waals surface area contributed by atoms with Crippen LogP contribution in [0.15, 0.2) is 89.8 Å². The maximum absolute atomic E-state index is 12.9. The van der Waals surface area contributed by atoms with Crippen molar-refractivity contribution in [3.8, 4) is 5.75 Å². The summed E-state index contributed by atoms with van der Waals surface area (Å²) in [5.74, 6) is -0.402. The topological polar surface area (TPSA) is 80.7 Å². The van der Waals surface area contributed by atoms with Gasteiger partial charge in [0.15, 0.2) is 0 Å². The summed E-state index contributed by atoms with van der Waals surface area (Å²) >= 11 is 0. The van der Waals surface area contributed by atoms with Gasteiger partial charge in [-0.05, 0) is 65.8 Å². The largest absolute Gasteiger partial charge is 0.426 e. The highest BCUT2D eigenvalue weighted by molar-refractivity contribution is 7.85. The van der Waals surface area contributed by atoms with Crippen molar-refractivity contribution in [2.24, 2.45) is 5.92 Å². The third-order valence-electron chi connectivity index (χ3n) is 5.48. The maximum Gasteiger partial charge on any atom is 0.314 e. The lowest BCUT2D eigenvalue weighted by atomic mass is 9.78. The molecule has 1 unspecified atom stereocenters. The van der Waals surface area contributed by atoms with Gasteiger partial charge in [0.1, 0.15) is 5.75 Å². The Morgan fingerprint density at radius 3 is 1.90 bits per heavy atom. The van der Waals surface area contributed by atoms with Crippen LogP contribution in [-0.2, 0) is 14.9 Å². The normalized spacial score (nSPS) is 16.7. The molecule has 0 fully saturated rings. The van der Waals surface area contributed by atoms with Gasteiger partial charge >= 0.3 is 5.97 Å². The van der Waals surface area contributed by atoms with E-state index >= 15 is 0 Å². The van der Waals surface area contributed by atoms with Crippen molar-refractivity contribution in [1.29, 1.82) is 0 Å².